The standard InChI is InChI=1S/C16H20N6S/c1-9-7-18-12-13(19-9)23-15(20-12)22-8-16(21-14(22)17)6-10-2-4-11(16)5-3-10/h7,10-11H,2-6,8H2,1H3,(H2,17,21). The second-order valence-corrected chi connectivity index (χ2v) is 8.17. The summed E-state index contributed by atoms with van der Waals surface area (Å²) in [5, 5.41) is 0.880. The molecule has 0 saturated heterocycles. The fourth-order valence-electron chi connectivity index (χ4n) is 4.65. The number of thiazole rings is 1. The molecule has 2 bridgehead atoms. The van der Waals surface area contributed by atoms with Gasteiger partial charge in [-0.2, -0.15) is 4.98 Å². The summed E-state index contributed by atoms with van der Waals surface area (Å²) in [6, 6.07) is 0. The van der Waals surface area contributed by atoms with Gasteiger partial charge >= 0.3 is 0 Å². The Bertz CT molecular complexity index is 806. The molecule has 6 nitrogen and oxygen atoms in total. The van der Waals surface area contributed by atoms with E-state index < -0.39 is 0 Å². The molecule has 3 aliphatic carbocycles. The van der Waals surface area contributed by atoms with Crippen LogP contribution in [0.2, 0.25) is 0 Å². The zero-order valence-electron chi connectivity index (χ0n) is 13.2. The van der Waals surface area contributed by atoms with Crippen molar-refractivity contribution < 1.29 is 0 Å². The molecule has 3 saturated carbocycles. The summed E-state index contributed by atoms with van der Waals surface area (Å²) >= 11 is 1.56. The number of anilines is 1. The fourth-order valence-corrected chi connectivity index (χ4v) is 5.61. The summed E-state index contributed by atoms with van der Waals surface area (Å²) in [6.45, 7) is 2.82. The largest absolute Gasteiger partial charge is 0.369 e. The van der Waals surface area contributed by atoms with E-state index in [2.05, 4.69) is 19.9 Å². The molecule has 1 unspecified atom stereocenters. The van der Waals surface area contributed by atoms with Crippen LogP contribution in [-0.2, 0) is 0 Å². The number of aromatic nitrogens is 3. The summed E-state index contributed by atoms with van der Waals surface area (Å²) in [6.07, 6.45) is 8.30. The summed E-state index contributed by atoms with van der Waals surface area (Å²) in [5.74, 6) is 2.13. The molecule has 1 aliphatic heterocycles. The molecule has 0 aromatic carbocycles. The van der Waals surface area contributed by atoms with Crippen LogP contribution in [0.4, 0.5) is 5.13 Å². The third-order valence-electron chi connectivity index (χ3n) is 5.76. The Balaban J connectivity index is 1.51. The van der Waals surface area contributed by atoms with E-state index >= 15 is 0 Å². The van der Waals surface area contributed by atoms with Crippen molar-refractivity contribution in [3.05, 3.63) is 11.9 Å². The topological polar surface area (TPSA) is 80.3 Å². The molecule has 4 aliphatic rings. The Labute approximate surface area is 138 Å². The normalized spacial score (nSPS) is 32.9. The van der Waals surface area contributed by atoms with Crippen molar-refractivity contribution >= 4 is 32.9 Å². The van der Waals surface area contributed by atoms with Crippen molar-refractivity contribution in [2.75, 3.05) is 11.4 Å². The lowest BCUT2D eigenvalue weighted by atomic mass is 9.60. The summed E-state index contributed by atoms with van der Waals surface area (Å²) in [7, 11) is 0. The highest BCUT2D eigenvalue weighted by Crippen LogP contribution is 2.51. The maximum Gasteiger partial charge on any atom is 0.198 e. The van der Waals surface area contributed by atoms with Crippen molar-refractivity contribution in [1.29, 1.82) is 0 Å². The van der Waals surface area contributed by atoms with Gasteiger partial charge in [0.2, 0.25) is 0 Å². The molecule has 1 atom stereocenters. The number of aliphatic imine (C=N–C) groups is 1. The van der Waals surface area contributed by atoms with Crippen molar-refractivity contribution in [2.45, 2.75) is 44.6 Å². The predicted molar refractivity (Wildman–Crippen MR) is 91.7 cm³/mol. The lowest BCUT2D eigenvalue weighted by Crippen LogP contribution is -2.49. The number of rotatable bonds is 1. The highest BCUT2D eigenvalue weighted by molar-refractivity contribution is 7.21. The van der Waals surface area contributed by atoms with Crippen molar-refractivity contribution in [1.82, 2.24) is 15.0 Å². The van der Waals surface area contributed by atoms with Crippen molar-refractivity contribution in [2.24, 2.45) is 22.6 Å². The molecule has 7 heteroatoms. The average Bonchev–Trinajstić information content (AvgIpc) is 3.09. The van der Waals surface area contributed by atoms with E-state index in [-0.39, 0.29) is 5.54 Å². The van der Waals surface area contributed by atoms with Crippen molar-refractivity contribution in [3.63, 3.8) is 0 Å². The summed E-state index contributed by atoms with van der Waals surface area (Å²) in [4.78, 5) is 21.4. The Kier molecular flexibility index (Phi) is 2.75. The van der Waals surface area contributed by atoms with Crippen LogP contribution in [0.25, 0.3) is 10.5 Å². The van der Waals surface area contributed by atoms with Gasteiger partial charge in [0.1, 0.15) is 0 Å². The number of hydrogen-bond donors (Lipinski definition) is 1. The maximum absolute atomic E-state index is 6.30. The van der Waals surface area contributed by atoms with Gasteiger partial charge in [0.05, 0.1) is 24.0 Å². The van der Waals surface area contributed by atoms with Gasteiger partial charge in [-0.15, -0.1) is 0 Å². The Morgan fingerprint density at radius 1 is 1.26 bits per heavy atom. The van der Waals surface area contributed by atoms with Crippen LogP contribution in [0.1, 0.15) is 37.8 Å². The first-order chi connectivity index (χ1) is 11.1. The lowest BCUT2D eigenvalue weighted by Gasteiger charge is -2.47. The Morgan fingerprint density at radius 2 is 2.09 bits per heavy atom. The van der Waals surface area contributed by atoms with Gasteiger partial charge in [-0.05, 0) is 38.0 Å². The molecule has 2 N–H and O–H groups in total. The molecule has 3 fully saturated rings. The summed E-state index contributed by atoms with van der Waals surface area (Å²) < 4.78 is 0. The fraction of sp³-hybridized carbons (Fsp3) is 0.625. The van der Waals surface area contributed by atoms with Crippen LogP contribution in [0.5, 0.6) is 0 Å². The van der Waals surface area contributed by atoms with Crippen LogP contribution >= 0.6 is 11.3 Å². The van der Waals surface area contributed by atoms with Gasteiger partial charge in [0.15, 0.2) is 21.6 Å². The minimum Gasteiger partial charge on any atom is -0.369 e. The number of nitrogens with zero attached hydrogens (tertiary/aromatic N) is 5. The second-order valence-electron chi connectivity index (χ2n) is 7.22. The van der Waals surface area contributed by atoms with Gasteiger partial charge in [0, 0.05) is 0 Å². The van der Waals surface area contributed by atoms with Crippen LogP contribution in [0.3, 0.4) is 0 Å². The third-order valence-corrected chi connectivity index (χ3v) is 6.72. The van der Waals surface area contributed by atoms with E-state index in [1.54, 1.807) is 17.5 Å². The maximum atomic E-state index is 6.30. The number of hydrogen-bond acceptors (Lipinski definition) is 7. The molecular weight excluding hydrogens is 308 g/mol. The number of nitrogens with two attached hydrogens (primary N) is 1. The van der Waals surface area contributed by atoms with Gasteiger partial charge < -0.3 is 5.73 Å². The zero-order chi connectivity index (χ0) is 15.6. The second kappa shape index (κ2) is 4.63. The van der Waals surface area contributed by atoms with E-state index in [1.807, 2.05) is 6.92 Å². The van der Waals surface area contributed by atoms with E-state index in [0.717, 1.165) is 28.1 Å². The van der Waals surface area contributed by atoms with Crippen LogP contribution in [0, 0.1) is 18.8 Å². The quantitative estimate of drug-likeness (QED) is 0.870. The Hall–Kier alpha value is -1.76. The number of fused-ring (bicyclic) bond motifs is 3. The molecule has 0 amide bonds. The Morgan fingerprint density at radius 3 is 2.83 bits per heavy atom. The first kappa shape index (κ1) is 13.7. The summed E-state index contributed by atoms with van der Waals surface area (Å²) in [5.41, 5.74) is 7.95. The van der Waals surface area contributed by atoms with Gasteiger partial charge in [-0.25, -0.2) is 15.0 Å². The molecule has 2 aromatic rings. The molecule has 3 heterocycles. The van der Waals surface area contributed by atoms with E-state index in [4.69, 9.17) is 10.7 Å². The minimum atomic E-state index is 0.0277. The average molecular weight is 328 g/mol. The van der Waals surface area contributed by atoms with Gasteiger partial charge in [0.25, 0.3) is 0 Å². The van der Waals surface area contributed by atoms with Crippen LogP contribution in [0.15, 0.2) is 11.2 Å². The zero-order valence-corrected chi connectivity index (χ0v) is 14.0. The van der Waals surface area contributed by atoms with E-state index in [1.165, 1.54) is 32.1 Å². The van der Waals surface area contributed by atoms with Gasteiger partial charge in [-0.1, -0.05) is 24.2 Å². The molecule has 120 valence electrons. The molecular formula is C16H20N6S. The number of guanidine groups is 1. The lowest BCUT2D eigenvalue weighted by molar-refractivity contribution is 0.0830. The first-order valence-corrected chi connectivity index (χ1v) is 9.18. The molecule has 2 aromatic heterocycles. The highest BCUT2D eigenvalue weighted by Gasteiger charge is 2.52. The molecule has 0 radical (unpaired) electrons. The van der Waals surface area contributed by atoms with Crippen LogP contribution in [-0.4, -0.2) is 33.0 Å². The minimum absolute atomic E-state index is 0.0277. The monoisotopic (exact) mass is 328 g/mol. The van der Waals surface area contributed by atoms with E-state index in [9.17, 15) is 0 Å². The van der Waals surface area contributed by atoms with E-state index in [0.29, 0.717) is 17.5 Å². The van der Waals surface area contributed by atoms with Gasteiger partial charge in [-0.3, -0.25) is 4.90 Å². The molecule has 1 spiro atoms. The smallest absolute Gasteiger partial charge is 0.198 e. The predicted octanol–water partition coefficient (Wildman–Crippen LogP) is 2.48. The highest BCUT2D eigenvalue weighted by atomic mass is 32.1. The van der Waals surface area contributed by atoms with Crippen LogP contribution < -0.4 is 10.6 Å². The van der Waals surface area contributed by atoms with Crippen molar-refractivity contribution in [3.8, 4) is 0 Å². The SMILES string of the molecule is Cc1cnc2nc(N3CC4(CC5CCC4CC5)N=C3N)sc2n1. The third kappa shape index (κ3) is 1.99. The molecule has 6 rings (SSSR count). The molecule has 23 heavy (non-hydrogen) atoms. The first-order valence-electron chi connectivity index (χ1n) is 8.36. The number of aryl methyl sites for hydroxylation is 1.